The summed E-state index contributed by atoms with van der Waals surface area (Å²) in [5, 5.41) is 16.1. The van der Waals surface area contributed by atoms with Gasteiger partial charge in [-0.1, -0.05) is 14.9 Å². The largest absolute Gasteiger partial charge is 0.467 e. The highest BCUT2D eigenvalue weighted by molar-refractivity contribution is 5.98. The Morgan fingerprint density at radius 2 is 0.750 bits per heavy atom. The number of aliphatic hydroxyl groups is 1. The molecule has 6 heterocycles. The smallest absolute Gasteiger partial charge is 0.418 e. The van der Waals surface area contributed by atoms with Gasteiger partial charge in [0.25, 0.3) is 11.8 Å². The minimum atomic E-state index is -4.52. The summed E-state index contributed by atoms with van der Waals surface area (Å²) in [6.45, 7) is 27.6. The van der Waals surface area contributed by atoms with Crippen molar-refractivity contribution in [2.24, 2.45) is 23.3 Å². The number of carbonyl (C=O) groups excluding carboxylic acids is 9. The summed E-state index contributed by atoms with van der Waals surface area (Å²) < 4.78 is 139. The van der Waals surface area contributed by atoms with Crippen molar-refractivity contribution >= 4 is 75.8 Å². The molecular weight excluding hydrogens is 1680 g/mol. The SMILES string of the molecule is C.C.COC(=O)[C@@H]1CC(O)CN1C(=O)OC(C)(C)C.COC(=O)[C@@H]1CC(OC)CN1C(=O)OC(C)(C)C.COC1CC[C@H](CNC(=O)c2cc(C)c3cc(C4CC4)cc(C(F)(F)F)c3n2)C1.COC1CC[C@H](CNC(=O)c2cc(C)c3cc(C4CC4)cc(C(F)(F)F)c3n2)C1.COC1C[C@@H](C(N)=O)N(C(=O)OC(C)(C)C)C1.COC1C[C@@H](CN)N(C(=O)OC(C)(C)C)C1. The Morgan fingerprint density at radius 1 is 0.430 bits per heavy atom. The molecule has 128 heavy (non-hydrogen) atoms. The Labute approximate surface area is 748 Å². The Hall–Kier alpha value is -9.01. The standard InChI is InChI=1S/2C22H25F3N2O2.C12H21NO5.C11H20N2O4.C11H22N2O3.C11H19NO5.2CH4/c2*1-12-7-19(21(28)26-11-13-3-6-16(8-13)29-2)27-20-17(12)9-15(14-4-5-14)10-18(20)22(23,24)25;1-12(2,3)18-11(15)13-7-8(16-4)6-9(13)10(14)17-5;1-11(2,3)17-10(15)13-6-7(16-4)5-8(13)9(12)14;1-11(2,3)16-10(14)13-7-9(15-4)5-8(13)6-12;1-11(2,3)17-10(15)12-6-7(13)5-8(12)9(14)16-4;;/h2*7,9-10,13-14,16H,3-6,8,11H2,1-2H3,(H,26,28);8-9H,6-7H2,1-5H3;7-8H,5-6H2,1-4H3,(H2,12,14);8-9H,5-7,12H2,1-4H3;7-8,13H,5-6H2,1-4H3;2*1H4/t2*13-,16?;8?,9-;7?,8-;8-,9?;7?,8-;;/m000000../s1. The van der Waals surface area contributed by atoms with Crippen LogP contribution in [0.3, 0.4) is 0 Å². The van der Waals surface area contributed by atoms with E-state index in [2.05, 4.69) is 25.3 Å². The third-order valence-corrected chi connectivity index (χ3v) is 22.5. The molecule has 4 saturated heterocycles. The highest BCUT2D eigenvalue weighted by Crippen LogP contribution is 2.47. The number of carbonyl (C=O) groups is 9. The zero-order valence-electron chi connectivity index (χ0n) is 76.6. The summed E-state index contributed by atoms with van der Waals surface area (Å²) in [7, 11) is 10.7. The second kappa shape index (κ2) is 46.7. The van der Waals surface area contributed by atoms with Gasteiger partial charge < -0.3 is 84.2 Å². The molecule has 31 nitrogen and oxygen atoms in total. The van der Waals surface area contributed by atoms with Crippen LogP contribution < -0.4 is 22.1 Å². The summed E-state index contributed by atoms with van der Waals surface area (Å²) in [6.07, 6.45) is -0.434. The number of nitrogens with two attached hydrogens (primary N) is 2. The van der Waals surface area contributed by atoms with Crippen molar-refractivity contribution in [3.63, 3.8) is 0 Å². The Balaban J connectivity index is 0.000000277. The predicted molar refractivity (Wildman–Crippen MR) is 467 cm³/mol. The number of likely N-dealkylation sites (tertiary alicyclic amines) is 4. The van der Waals surface area contributed by atoms with Gasteiger partial charge in [0.05, 0.1) is 99.2 Å². The summed E-state index contributed by atoms with van der Waals surface area (Å²) in [5.74, 6) is -1.35. The van der Waals surface area contributed by atoms with E-state index in [0.29, 0.717) is 97.0 Å². The first kappa shape index (κ1) is 110. The van der Waals surface area contributed by atoms with E-state index in [9.17, 15) is 74.6 Å². The molecule has 37 heteroatoms. The van der Waals surface area contributed by atoms with Gasteiger partial charge in [-0.05, 0) is 250 Å². The number of aliphatic hydroxyl groups excluding tert-OH is 1. The van der Waals surface area contributed by atoms with E-state index < -0.39 is 118 Å². The van der Waals surface area contributed by atoms with Crippen LogP contribution in [0.5, 0.6) is 0 Å². The lowest BCUT2D eigenvalue weighted by Gasteiger charge is -2.27. The van der Waals surface area contributed by atoms with Crippen LogP contribution in [0.4, 0.5) is 45.5 Å². The van der Waals surface area contributed by atoms with Gasteiger partial charge in [-0.3, -0.25) is 29.1 Å². The van der Waals surface area contributed by atoms with E-state index >= 15 is 0 Å². The number of rotatable bonds is 17. The molecule has 4 aliphatic heterocycles. The summed E-state index contributed by atoms with van der Waals surface area (Å²) >= 11 is 0. The lowest BCUT2D eigenvalue weighted by molar-refractivity contribution is -0.146. The van der Waals surface area contributed by atoms with E-state index in [1.54, 1.807) is 141 Å². The van der Waals surface area contributed by atoms with E-state index in [0.717, 1.165) is 70.6 Å². The average Bonchev–Trinajstić information content (AvgIpc) is 1.43. The first-order chi connectivity index (χ1) is 58.6. The number of benzene rings is 2. The monoisotopic (exact) mass is 1820 g/mol. The molecule has 722 valence electrons. The maximum Gasteiger partial charge on any atom is 0.418 e. The van der Waals surface area contributed by atoms with E-state index in [1.807, 2.05) is 20.8 Å². The van der Waals surface area contributed by atoms with Crippen LogP contribution in [0.25, 0.3) is 21.8 Å². The zero-order chi connectivity index (χ0) is 94.2. The molecule has 6 unspecified atom stereocenters. The summed E-state index contributed by atoms with van der Waals surface area (Å²) in [5.41, 5.74) is 9.55. The van der Waals surface area contributed by atoms with Crippen molar-refractivity contribution in [2.45, 2.75) is 309 Å². The van der Waals surface area contributed by atoms with Crippen LogP contribution in [0.2, 0.25) is 0 Å². The van der Waals surface area contributed by atoms with Crippen LogP contribution in [0, 0.1) is 25.7 Å². The number of primary amides is 1. The molecule has 0 radical (unpaired) electrons. The fourth-order valence-corrected chi connectivity index (χ4v) is 15.6. The minimum absolute atomic E-state index is 0. The quantitative estimate of drug-likeness (QED) is 0.0372. The predicted octanol–water partition coefficient (Wildman–Crippen LogP) is 14.4. The number of esters is 2. The van der Waals surface area contributed by atoms with Crippen LogP contribution >= 0.6 is 0 Å². The minimum Gasteiger partial charge on any atom is -0.467 e. The van der Waals surface area contributed by atoms with Crippen molar-refractivity contribution in [3.05, 3.63) is 81.2 Å². The maximum absolute atomic E-state index is 13.7. The zero-order valence-corrected chi connectivity index (χ0v) is 76.6. The van der Waals surface area contributed by atoms with Crippen molar-refractivity contribution < 1.29 is 127 Å². The van der Waals surface area contributed by atoms with E-state index in [-0.39, 0.29) is 105 Å². The van der Waals surface area contributed by atoms with Crippen molar-refractivity contribution in [2.75, 3.05) is 95.6 Å². The third-order valence-electron chi connectivity index (χ3n) is 22.5. The number of nitrogens with one attached hydrogen (secondary N) is 2. The number of ether oxygens (including phenoxy) is 11. The van der Waals surface area contributed by atoms with E-state index in [4.69, 9.17) is 58.8 Å². The first-order valence-electron chi connectivity index (χ1n) is 42.7. The highest BCUT2D eigenvalue weighted by Gasteiger charge is 2.47. The Kier molecular flexibility index (Phi) is 39.9. The molecule has 2 aromatic carbocycles. The van der Waals surface area contributed by atoms with Crippen LogP contribution in [-0.2, 0) is 78.8 Å². The number of methoxy groups -OCH3 is 7. The molecule has 4 aliphatic carbocycles. The molecule has 7 N–H and O–H groups in total. The highest BCUT2D eigenvalue weighted by atomic mass is 19.4. The van der Waals surface area contributed by atoms with Crippen LogP contribution in [0.15, 0.2) is 36.4 Å². The molecule has 8 fully saturated rings. The van der Waals surface area contributed by atoms with Gasteiger partial charge in [0.15, 0.2) is 0 Å². The fourth-order valence-electron chi connectivity index (χ4n) is 15.6. The first-order valence-corrected chi connectivity index (χ1v) is 42.7. The molecular formula is C91H140F6N10O21. The lowest BCUT2D eigenvalue weighted by Crippen LogP contribution is -2.45. The molecule has 0 bridgehead atoms. The molecule has 7 amide bonds. The Bertz CT molecular complexity index is 4230. The number of aromatic nitrogens is 2. The number of amides is 7. The third kappa shape index (κ3) is 32.2. The molecule has 12 atom stereocenters. The molecule has 2 aromatic heterocycles. The fraction of sp³-hybridized carbons (Fsp3) is 0.703. The number of halogens is 6. The number of hydrogen-bond acceptors (Lipinski definition) is 24. The van der Waals surface area contributed by atoms with Crippen molar-refractivity contribution in [1.82, 2.24) is 40.2 Å². The summed E-state index contributed by atoms with van der Waals surface area (Å²) in [4.78, 5) is 121. The van der Waals surface area contributed by atoms with Gasteiger partial charge >= 0.3 is 48.7 Å². The second-order valence-electron chi connectivity index (χ2n) is 37.2. The van der Waals surface area contributed by atoms with Crippen LogP contribution in [0.1, 0.15) is 254 Å². The van der Waals surface area contributed by atoms with E-state index in [1.165, 1.54) is 41.1 Å². The molecule has 4 aromatic rings. The lowest BCUT2D eigenvalue weighted by atomic mass is 9.98. The molecule has 0 spiro atoms. The number of pyridine rings is 2. The number of alkyl halides is 6. The van der Waals surface area contributed by atoms with Gasteiger partial charge in [0, 0.05) is 91.3 Å². The van der Waals surface area contributed by atoms with Gasteiger partial charge in [-0.2, -0.15) is 26.3 Å². The molecule has 4 saturated carbocycles. The van der Waals surface area contributed by atoms with Gasteiger partial charge in [0.1, 0.15) is 51.9 Å². The van der Waals surface area contributed by atoms with Gasteiger partial charge in [-0.15, -0.1) is 0 Å². The normalized spacial score (nSPS) is 23.3. The second-order valence-corrected chi connectivity index (χ2v) is 37.2. The number of hydrogen-bond donors (Lipinski definition) is 5. The van der Waals surface area contributed by atoms with Crippen molar-refractivity contribution in [3.8, 4) is 0 Å². The number of nitrogens with zero attached hydrogens (tertiary/aromatic N) is 6. The average molecular weight is 1820 g/mol. The Morgan fingerprint density at radius 3 is 1.06 bits per heavy atom. The number of aryl methyl sites for hydroxylation is 2. The topological polar surface area (TPSA) is 390 Å². The van der Waals surface area contributed by atoms with Crippen molar-refractivity contribution in [1.29, 1.82) is 0 Å². The van der Waals surface area contributed by atoms with Gasteiger partial charge in [-0.25, -0.2) is 38.7 Å². The molecule has 8 aliphatic rings. The maximum atomic E-state index is 13.7. The van der Waals surface area contributed by atoms with Crippen LogP contribution in [-0.4, -0.2) is 267 Å². The number of β-amino-alcohol motifs (C(OH)–C–C–N with tert-alkyl or cyclic N) is 1. The molecule has 12 rings (SSSR count). The van der Waals surface area contributed by atoms with Gasteiger partial charge in [0.2, 0.25) is 5.91 Å². The summed E-state index contributed by atoms with van der Waals surface area (Å²) in [6, 6.07) is 7.18. The number of fused-ring (bicyclic) bond motifs is 2.